The maximum Gasteiger partial charge on any atom is 0.264 e. The zero-order valence-corrected chi connectivity index (χ0v) is 22.5. The molecule has 0 bridgehead atoms. The fourth-order valence-electron chi connectivity index (χ4n) is 3.28. The number of nitrogens with zero attached hydrogens (tertiary/aromatic N) is 2. The summed E-state index contributed by atoms with van der Waals surface area (Å²) in [7, 11) is -8.04. The maximum atomic E-state index is 12.9. The molecule has 38 heavy (non-hydrogen) atoms. The summed E-state index contributed by atoms with van der Waals surface area (Å²) >= 11 is 6.14. The normalized spacial score (nSPS) is 11.6. The van der Waals surface area contributed by atoms with Crippen molar-refractivity contribution in [2.24, 2.45) is 0 Å². The summed E-state index contributed by atoms with van der Waals surface area (Å²) in [6.45, 7) is 3.58. The number of hydrogen-bond donors (Lipinski definition) is 3. The topological polar surface area (TPSA) is 147 Å². The van der Waals surface area contributed by atoms with Crippen LogP contribution in [0.3, 0.4) is 0 Å². The lowest BCUT2D eigenvalue weighted by Gasteiger charge is -2.12. The maximum absolute atomic E-state index is 12.9. The first-order valence-electron chi connectivity index (χ1n) is 11.1. The lowest BCUT2D eigenvalue weighted by Crippen LogP contribution is -2.17. The summed E-state index contributed by atoms with van der Waals surface area (Å²) in [5.74, 6) is -0.678. The SMILES string of the molecule is Cc1ccc(NS(=O)(=O)c2cc(C(=O)Nc3ccc(S(=O)(=O)Nc4nccc(C)n4)cc3)ccc2Cl)cc1. The third kappa shape index (κ3) is 6.46. The highest BCUT2D eigenvalue weighted by Gasteiger charge is 2.21. The van der Waals surface area contributed by atoms with E-state index in [-0.39, 0.29) is 32.0 Å². The van der Waals surface area contributed by atoms with Crippen LogP contribution in [0.2, 0.25) is 5.02 Å². The van der Waals surface area contributed by atoms with E-state index in [4.69, 9.17) is 11.6 Å². The van der Waals surface area contributed by atoms with Gasteiger partial charge in [0.25, 0.3) is 26.0 Å². The molecule has 1 heterocycles. The molecule has 13 heteroatoms. The van der Waals surface area contributed by atoms with E-state index < -0.39 is 26.0 Å². The molecule has 10 nitrogen and oxygen atoms in total. The molecule has 3 N–H and O–H groups in total. The fourth-order valence-corrected chi connectivity index (χ4v) is 5.82. The molecular weight excluding hydrogens is 550 g/mol. The first kappa shape index (κ1) is 27.0. The van der Waals surface area contributed by atoms with E-state index in [1.54, 1.807) is 37.3 Å². The number of benzene rings is 3. The number of rotatable bonds is 8. The summed E-state index contributed by atoms with van der Waals surface area (Å²) < 4.78 is 55.8. The van der Waals surface area contributed by atoms with E-state index in [1.165, 1.54) is 48.7 Å². The molecule has 0 radical (unpaired) electrons. The van der Waals surface area contributed by atoms with Crippen molar-refractivity contribution in [1.82, 2.24) is 9.97 Å². The van der Waals surface area contributed by atoms with Crippen LogP contribution >= 0.6 is 11.6 Å². The molecule has 0 saturated heterocycles. The molecule has 1 amide bonds. The second-order valence-corrected chi connectivity index (χ2v) is 12.0. The molecule has 0 aliphatic rings. The quantitative estimate of drug-likeness (QED) is 0.280. The van der Waals surface area contributed by atoms with Crippen LogP contribution in [0.15, 0.2) is 88.8 Å². The number of nitrogens with one attached hydrogen (secondary N) is 3. The third-order valence-corrected chi connectivity index (χ3v) is 8.44. The molecule has 3 aromatic carbocycles. The molecule has 0 atom stereocenters. The smallest absolute Gasteiger partial charge is 0.264 e. The van der Waals surface area contributed by atoms with Gasteiger partial charge in [0.2, 0.25) is 5.95 Å². The number of amides is 1. The molecule has 0 aliphatic carbocycles. The van der Waals surface area contributed by atoms with Gasteiger partial charge in [0, 0.05) is 28.8 Å². The Kier molecular flexibility index (Phi) is 7.67. The van der Waals surface area contributed by atoms with Crippen molar-refractivity contribution in [1.29, 1.82) is 0 Å². The van der Waals surface area contributed by atoms with Gasteiger partial charge in [-0.15, -0.1) is 0 Å². The molecule has 0 aliphatic heterocycles. The highest BCUT2D eigenvalue weighted by atomic mass is 35.5. The second-order valence-electron chi connectivity index (χ2n) is 8.22. The van der Waals surface area contributed by atoms with E-state index in [0.717, 1.165) is 5.56 Å². The van der Waals surface area contributed by atoms with Gasteiger partial charge >= 0.3 is 0 Å². The lowest BCUT2D eigenvalue weighted by atomic mass is 10.2. The van der Waals surface area contributed by atoms with Crippen LogP contribution in [0.4, 0.5) is 17.3 Å². The molecule has 0 saturated carbocycles. The molecule has 196 valence electrons. The van der Waals surface area contributed by atoms with Gasteiger partial charge in [-0.05, 0) is 74.5 Å². The summed E-state index contributed by atoms with van der Waals surface area (Å²) in [6.07, 6.45) is 1.44. The highest BCUT2D eigenvalue weighted by Crippen LogP contribution is 2.26. The van der Waals surface area contributed by atoms with E-state index in [1.807, 2.05) is 6.92 Å². The van der Waals surface area contributed by atoms with Crippen LogP contribution in [0.5, 0.6) is 0 Å². The molecule has 4 rings (SSSR count). The van der Waals surface area contributed by atoms with Crippen LogP contribution < -0.4 is 14.8 Å². The number of carbonyl (C=O) groups is 1. The summed E-state index contributed by atoms with van der Waals surface area (Å²) in [6, 6.07) is 17.6. The molecule has 0 spiro atoms. The molecule has 0 unspecified atom stereocenters. The Hall–Kier alpha value is -4.00. The van der Waals surface area contributed by atoms with Gasteiger partial charge in [-0.2, -0.15) is 0 Å². The molecule has 4 aromatic rings. The third-order valence-electron chi connectivity index (χ3n) is 5.23. The Morgan fingerprint density at radius 3 is 2.11 bits per heavy atom. The molecule has 0 fully saturated rings. The van der Waals surface area contributed by atoms with Crippen LogP contribution in [0.25, 0.3) is 0 Å². The van der Waals surface area contributed by atoms with Gasteiger partial charge in [-0.3, -0.25) is 9.52 Å². The zero-order valence-electron chi connectivity index (χ0n) is 20.1. The minimum absolute atomic E-state index is 0.0358. The first-order valence-corrected chi connectivity index (χ1v) is 14.4. The second kappa shape index (κ2) is 10.8. The number of halogens is 1. The number of anilines is 3. The van der Waals surface area contributed by atoms with E-state index >= 15 is 0 Å². The van der Waals surface area contributed by atoms with Crippen molar-refractivity contribution in [3.8, 4) is 0 Å². The fraction of sp³-hybridized carbons (Fsp3) is 0.0800. The Morgan fingerprint density at radius 2 is 1.45 bits per heavy atom. The average Bonchev–Trinajstić information content (AvgIpc) is 2.85. The average molecular weight is 572 g/mol. The number of hydrogen-bond acceptors (Lipinski definition) is 7. The largest absolute Gasteiger partial charge is 0.322 e. The number of aromatic nitrogens is 2. The number of aryl methyl sites for hydroxylation is 2. The van der Waals surface area contributed by atoms with Gasteiger partial charge in [0.1, 0.15) is 4.90 Å². The number of sulfonamides is 2. The monoisotopic (exact) mass is 571 g/mol. The Bertz CT molecular complexity index is 1710. The molecular formula is C25H22ClN5O5S2. The minimum atomic E-state index is -4.08. The van der Waals surface area contributed by atoms with Gasteiger partial charge in [0.05, 0.1) is 9.92 Å². The van der Waals surface area contributed by atoms with Crippen molar-refractivity contribution in [2.75, 3.05) is 14.8 Å². The van der Waals surface area contributed by atoms with Crippen LogP contribution in [0.1, 0.15) is 21.6 Å². The predicted octanol–water partition coefficient (Wildman–Crippen LogP) is 4.60. The Balaban J connectivity index is 1.49. The predicted molar refractivity (Wildman–Crippen MR) is 145 cm³/mol. The van der Waals surface area contributed by atoms with Crippen molar-refractivity contribution >= 4 is 54.9 Å². The molecule has 1 aromatic heterocycles. The zero-order chi connectivity index (χ0) is 27.5. The summed E-state index contributed by atoms with van der Waals surface area (Å²) in [5.41, 5.74) is 2.23. The van der Waals surface area contributed by atoms with Crippen molar-refractivity contribution in [2.45, 2.75) is 23.6 Å². The van der Waals surface area contributed by atoms with Crippen molar-refractivity contribution in [3.05, 3.63) is 101 Å². The van der Waals surface area contributed by atoms with Crippen LogP contribution in [-0.4, -0.2) is 32.7 Å². The van der Waals surface area contributed by atoms with E-state index in [0.29, 0.717) is 11.4 Å². The lowest BCUT2D eigenvalue weighted by molar-refractivity contribution is 0.102. The Labute approximate surface area is 225 Å². The summed E-state index contributed by atoms with van der Waals surface area (Å²) in [5, 5.41) is 2.56. The number of carbonyl (C=O) groups excluding carboxylic acids is 1. The van der Waals surface area contributed by atoms with Crippen molar-refractivity contribution < 1.29 is 21.6 Å². The van der Waals surface area contributed by atoms with Crippen molar-refractivity contribution in [3.63, 3.8) is 0 Å². The first-order chi connectivity index (χ1) is 17.9. The van der Waals surface area contributed by atoms with Gasteiger partial charge < -0.3 is 5.32 Å². The van der Waals surface area contributed by atoms with Gasteiger partial charge in [0.15, 0.2) is 0 Å². The van der Waals surface area contributed by atoms with Crippen LogP contribution in [-0.2, 0) is 20.0 Å². The van der Waals surface area contributed by atoms with Gasteiger partial charge in [-0.1, -0.05) is 29.3 Å². The van der Waals surface area contributed by atoms with Crippen LogP contribution in [0, 0.1) is 13.8 Å². The van der Waals surface area contributed by atoms with E-state index in [2.05, 4.69) is 24.7 Å². The van der Waals surface area contributed by atoms with E-state index in [9.17, 15) is 21.6 Å². The highest BCUT2D eigenvalue weighted by molar-refractivity contribution is 7.93. The summed E-state index contributed by atoms with van der Waals surface area (Å²) in [4.78, 5) is 20.4. The van der Waals surface area contributed by atoms with Gasteiger partial charge in [-0.25, -0.2) is 31.5 Å². The standard InChI is InChI=1S/C25H22ClN5O5S2/c1-16-3-6-20(7-4-16)30-38(35,36)23-15-18(5-12-22(23)26)24(32)29-19-8-10-21(11-9-19)37(33,34)31-25-27-14-13-17(2)28-25/h3-15,30H,1-2H3,(H,29,32)(H,27,28,31). The minimum Gasteiger partial charge on any atom is -0.322 e. The Morgan fingerprint density at radius 1 is 0.789 bits per heavy atom.